The van der Waals surface area contributed by atoms with E-state index in [9.17, 15) is 26.0 Å². The lowest BCUT2D eigenvalue weighted by atomic mass is 10.1. The van der Waals surface area contributed by atoms with Gasteiger partial charge in [0.25, 0.3) is 0 Å². The van der Waals surface area contributed by atoms with Crippen molar-refractivity contribution in [3.8, 4) is 0 Å². The van der Waals surface area contributed by atoms with Gasteiger partial charge in [0.1, 0.15) is 5.82 Å². The zero-order chi connectivity index (χ0) is 15.0. The maximum absolute atomic E-state index is 12.8. The lowest BCUT2D eigenvalue weighted by molar-refractivity contribution is -0.0953. The molecule has 1 aliphatic rings. The molecule has 110 valence electrons. The predicted molar refractivity (Wildman–Crippen MR) is 63.9 cm³/mol. The predicted octanol–water partition coefficient (Wildman–Crippen LogP) is 2.71. The van der Waals surface area contributed by atoms with Crippen molar-refractivity contribution in [1.82, 2.24) is 4.31 Å². The number of hydrogen-bond acceptors (Lipinski definition) is 2. The Labute approximate surface area is 113 Å². The van der Waals surface area contributed by atoms with Crippen LogP contribution in [0.2, 0.25) is 0 Å². The topological polar surface area (TPSA) is 37.4 Å². The number of hydrogen-bond donors (Lipinski definition) is 0. The van der Waals surface area contributed by atoms with Gasteiger partial charge in [-0.2, -0.15) is 17.5 Å². The molecule has 0 saturated heterocycles. The van der Waals surface area contributed by atoms with E-state index in [4.69, 9.17) is 0 Å². The second kappa shape index (κ2) is 5.17. The first-order valence-corrected chi connectivity index (χ1v) is 7.17. The highest BCUT2D eigenvalue weighted by Crippen LogP contribution is 2.31. The Morgan fingerprint density at radius 1 is 1.10 bits per heavy atom. The summed E-state index contributed by atoms with van der Waals surface area (Å²) in [6.07, 6.45) is -3.94. The van der Waals surface area contributed by atoms with Crippen molar-refractivity contribution in [1.29, 1.82) is 0 Å². The molecule has 0 fully saturated rings. The van der Waals surface area contributed by atoms with Crippen LogP contribution >= 0.6 is 0 Å². The highest BCUT2D eigenvalue weighted by molar-refractivity contribution is 7.89. The Bertz CT molecular complexity index is 620. The lowest BCUT2D eigenvalue weighted by Gasteiger charge is -2.26. The summed E-state index contributed by atoms with van der Waals surface area (Å²) in [7, 11) is -3.89. The molecule has 0 unspecified atom stereocenters. The largest absolute Gasteiger partial charge is 0.412 e. The Morgan fingerprint density at radius 3 is 2.15 bits per heavy atom. The van der Waals surface area contributed by atoms with E-state index < -0.39 is 27.6 Å². The first-order chi connectivity index (χ1) is 9.21. The molecule has 1 aromatic rings. The van der Waals surface area contributed by atoms with E-state index in [1.165, 1.54) is 0 Å². The molecule has 0 atom stereocenters. The number of sulfonamides is 1. The number of alkyl halides is 3. The molecule has 0 spiro atoms. The average Bonchev–Trinajstić information content (AvgIpc) is 2.38. The second-order valence-electron chi connectivity index (χ2n) is 4.29. The van der Waals surface area contributed by atoms with Crippen LogP contribution in [0, 0.1) is 5.82 Å². The van der Waals surface area contributed by atoms with Crippen LogP contribution in [0.25, 0.3) is 0 Å². The van der Waals surface area contributed by atoms with Crippen LogP contribution in [0.4, 0.5) is 17.6 Å². The van der Waals surface area contributed by atoms with Gasteiger partial charge in [-0.3, -0.25) is 0 Å². The van der Waals surface area contributed by atoms with Crippen LogP contribution in [0.1, 0.15) is 6.42 Å². The van der Waals surface area contributed by atoms with Crippen LogP contribution in [0.15, 0.2) is 40.8 Å². The standard InChI is InChI=1S/C12H11F4NO2S/c13-10-1-3-11(4-2-10)20(18,19)17-7-5-9(6-8-17)12(14,15)16/h1-5H,6-8H2. The summed E-state index contributed by atoms with van der Waals surface area (Å²) in [4.78, 5) is -0.136. The smallest absolute Gasteiger partial charge is 0.207 e. The van der Waals surface area contributed by atoms with Crippen molar-refractivity contribution in [3.63, 3.8) is 0 Å². The first kappa shape index (κ1) is 15.0. The van der Waals surface area contributed by atoms with Gasteiger partial charge >= 0.3 is 6.18 Å². The van der Waals surface area contributed by atoms with E-state index in [0.717, 1.165) is 34.6 Å². The van der Waals surface area contributed by atoms with Crippen LogP contribution < -0.4 is 0 Å². The highest BCUT2D eigenvalue weighted by Gasteiger charge is 2.37. The molecule has 3 nitrogen and oxygen atoms in total. The van der Waals surface area contributed by atoms with Gasteiger partial charge in [0.15, 0.2) is 0 Å². The SMILES string of the molecule is O=S(=O)(c1ccc(F)cc1)N1CC=C(C(F)(F)F)CC1. The van der Waals surface area contributed by atoms with Crippen LogP contribution in [0.5, 0.6) is 0 Å². The van der Waals surface area contributed by atoms with Crippen molar-refractivity contribution in [2.24, 2.45) is 0 Å². The van der Waals surface area contributed by atoms with Crippen LogP contribution in [-0.2, 0) is 10.0 Å². The summed E-state index contributed by atoms with van der Waals surface area (Å²) in [5, 5.41) is 0. The quantitative estimate of drug-likeness (QED) is 0.622. The third-order valence-electron chi connectivity index (χ3n) is 2.99. The number of benzene rings is 1. The molecule has 0 bridgehead atoms. The molecular formula is C12H11F4NO2S. The zero-order valence-corrected chi connectivity index (χ0v) is 11.0. The summed E-state index contributed by atoms with van der Waals surface area (Å²) in [6, 6.07) is 4.17. The Kier molecular flexibility index (Phi) is 3.88. The Hall–Kier alpha value is -1.41. The third-order valence-corrected chi connectivity index (χ3v) is 4.87. The minimum Gasteiger partial charge on any atom is -0.207 e. The zero-order valence-electron chi connectivity index (χ0n) is 10.2. The molecule has 0 aromatic heterocycles. The average molecular weight is 309 g/mol. The molecule has 8 heteroatoms. The molecule has 0 saturated carbocycles. The van der Waals surface area contributed by atoms with Gasteiger partial charge in [-0.05, 0) is 30.7 Å². The summed E-state index contributed by atoms with van der Waals surface area (Å²) >= 11 is 0. The first-order valence-electron chi connectivity index (χ1n) is 5.73. The minimum atomic E-state index is -4.42. The fourth-order valence-corrected chi connectivity index (χ4v) is 3.26. The van der Waals surface area contributed by atoms with Crippen molar-refractivity contribution in [3.05, 3.63) is 41.7 Å². The van der Waals surface area contributed by atoms with Gasteiger partial charge in [-0.15, -0.1) is 0 Å². The summed E-state index contributed by atoms with van der Waals surface area (Å²) in [6.45, 7) is -0.584. The third kappa shape index (κ3) is 3.01. The summed E-state index contributed by atoms with van der Waals surface area (Å²) in [5.74, 6) is -0.582. The van der Waals surface area contributed by atoms with E-state index in [1.807, 2.05) is 0 Å². The fraction of sp³-hybridized carbons (Fsp3) is 0.333. The van der Waals surface area contributed by atoms with Crippen LogP contribution in [0.3, 0.4) is 0 Å². The number of nitrogens with zero attached hydrogens (tertiary/aromatic N) is 1. The molecule has 0 amide bonds. The van der Waals surface area contributed by atoms with E-state index in [1.54, 1.807) is 0 Å². The second-order valence-corrected chi connectivity index (χ2v) is 6.23. The number of rotatable bonds is 2. The van der Waals surface area contributed by atoms with Gasteiger partial charge in [-0.25, -0.2) is 12.8 Å². The maximum atomic E-state index is 12.8. The molecule has 0 N–H and O–H groups in total. The fourth-order valence-electron chi connectivity index (χ4n) is 1.88. The maximum Gasteiger partial charge on any atom is 0.412 e. The molecule has 2 rings (SSSR count). The number of halogens is 4. The lowest BCUT2D eigenvalue weighted by Crippen LogP contribution is -2.36. The molecule has 0 aliphatic carbocycles. The molecule has 1 aromatic carbocycles. The molecular weight excluding hydrogens is 298 g/mol. The minimum absolute atomic E-state index is 0.136. The Morgan fingerprint density at radius 2 is 1.70 bits per heavy atom. The molecule has 0 radical (unpaired) electrons. The van der Waals surface area contributed by atoms with E-state index >= 15 is 0 Å². The highest BCUT2D eigenvalue weighted by atomic mass is 32.2. The van der Waals surface area contributed by atoms with Crippen molar-refractivity contribution < 1.29 is 26.0 Å². The van der Waals surface area contributed by atoms with Gasteiger partial charge in [0.2, 0.25) is 10.0 Å². The van der Waals surface area contributed by atoms with Gasteiger partial charge in [0, 0.05) is 18.7 Å². The van der Waals surface area contributed by atoms with E-state index in [2.05, 4.69) is 0 Å². The molecule has 20 heavy (non-hydrogen) atoms. The Balaban J connectivity index is 2.21. The molecule has 1 aliphatic heterocycles. The van der Waals surface area contributed by atoms with E-state index in [-0.39, 0.29) is 24.4 Å². The normalized spacial score (nSPS) is 17.9. The van der Waals surface area contributed by atoms with Crippen molar-refractivity contribution >= 4 is 10.0 Å². The van der Waals surface area contributed by atoms with Crippen LogP contribution in [-0.4, -0.2) is 32.0 Å². The van der Waals surface area contributed by atoms with Crippen molar-refractivity contribution in [2.45, 2.75) is 17.5 Å². The van der Waals surface area contributed by atoms with E-state index in [0.29, 0.717) is 0 Å². The molecule has 1 heterocycles. The van der Waals surface area contributed by atoms with Gasteiger partial charge in [0.05, 0.1) is 4.90 Å². The van der Waals surface area contributed by atoms with Crippen molar-refractivity contribution in [2.75, 3.05) is 13.1 Å². The summed E-state index contributed by atoms with van der Waals surface area (Å²) in [5.41, 5.74) is -0.719. The van der Waals surface area contributed by atoms with Gasteiger partial charge in [-0.1, -0.05) is 6.08 Å². The van der Waals surface area contributed by atoms with Gasteiger partial charge < -0.3 is 0 Å². The monoisotopic (exact) mass is 309 g/mol. The summed E-state index contributed by atoms with van der Waals surface area (Å²) < 4.78 is 75.4.